The van der Waals surface area contributed by atoms with Crippen LogP contribution in [0.1, 0.15) is 23.2 Å². The molecule has 17 heavy (non-hydrogen) atoms. The second-order valence-corrected chi connectivity index (χ2v) is 5.00. The van der Waals surface area contributed by atoms with Gasteiger partial charge in [0.15, 0.2) is 0 Å². The summed E-state index contributed by atoms with van der Waals surface area (Å²) in [6.45, 7) is 4.55. The third-order valence-corrected chi connectivity index (χ3v) is 3.45. The number of benzene rings is 1. The summed E-state index contributed by atoms with van der Waals surface area (Å²) < 4.78 is 0.825. The molecule has 1 aliphatic carbocycles. The smallest absolute Gasteiger partial charge is 0.335 e. The average Bonchev–Trinajstić information content (AvgIpc) is 3.10. The zero-order valence-electron chi connectivity index (χ0n) is 9.40. The molecule has 2 rings (SSSR count). The second kappa shape index (κ2) is 4.92. The summed E-state index contributed by atoms with van der Waals surface area (Å²) in [7, 11) is 0. The molecule has 0 heterocycles. The van der Waals surface area contributed by atoms with Crippen LogP contribution in [0.2, 0.25) is 0 Å². The maximum absolute atomic E-state index is 10.9. The van der Waals surface area contributed by atoms with Crippen molar-refractivity contribution >= 4 is 27.6 Å². The summed E-state index contributed by atoms with van der Waals surface area (Å²) in [5.74, 6) is -0.904. The number of hydrogen-bond donors (Lipinski definition) is 1. The first-order valence-electron chi connectivity index (χ1n) is 5.54. The fraction of sp³-hybridized carbons (Fsp3) is 0.308. The van der Waals surface area contributed by atoms with E-state index < -0.39 is 5.97 Å². The van der Waals surface area contributed by atoms with E-state index in [-0.39, 0.29) is 0 Å². The largest absolute Gasteiger partial charge is 0.478 e. The van der Waals surface area contributed by atoms with Gasteiger partial charge in [-0.2, -0.15) is 0 Å². The summed E-state index contributed by atoms with van der Waals surface area (Å²) in [5, 5.41) is 8.91. The molecule has 0 radical (unpaired) electrons. The molecule has 1 N–H and O–H groups in total. The van der Waals surface area contributed by atoms with Gasteiger partial charge in [0.1, 0.15) is 0 Å². The second-order valence-electron chi connectivity index (χ2n) is 4.14. The fourth-order valence-electron chi connectivity index (χ4n) is 1.84. The van der Waals surface area contributed by atoms with Crippen LogP contribution in [0.5, 0.6) is 0 Å². The highest BCUT2D eigenvalue weighted by Gasteiger charge is 2.29. The van der Waals surface area contributed by atoms with Crippen molar-refractivity contribution in [2.45, 2.75) is 18.9 Å². The minimum atomic E-state index is -0.904. The first-order valence-corrected chi connectivity index (χ1v) is 6.33. The number of nitrogens with zero attached hydrogens (tertiary/aromatic N) is 1. The van der Waals surface area contributed by atoms with Gasteiger partial charge in [-0.1, -0.05) is 6.08 Å². The molecule has 0 saturated heterocycles. The highest BCUT2D eigenvalue weighted by molar-refractivity contribution is 9.10. The molecule has 0 amide bonds. The van der Waals surface area contributed by atoms with Crippen molar-refractivity contribution in [1.29, 1.82) is 0 Å². The molecule has 0 bridgehead atoms. The molecule has 90 valence electrons. The fourth-order valence-corrected chi connectivity index (χ4v) is 2.45. The Morgan fingerprint density at radius 3 is 2.76 bits per heavy atom. The SMILES string of the molecule is C=CCN(c1ccc(C(=O)O)cc1Br)C1CC1. The van der Waals surface area contributed by atoms with Crippen LogP contribution < -0.4 is 4.90 Å². The molecule has 0 aliphatic heterocycles. The van der Waals surface area contributed by atoms with E-state index in [1.807, 2.05) is 12.1 Å². The van der Waals surface area contributed by atoms with Crippen molar-refractivity contribution in [3.05, 3.63) is 40.9 Å². The van der Waals surface area contributed by atoms with Crippen molar-refractivity contribution in [2.75, 3.05) is 11.4 Å². The molecule has 4 heteroatoms. The van der Waals surface area contributed by atoms with Crippen LogP contribution in [0, 0.1) is 0 Å². The van der Waals surface area contributed by atoms with E-state index in [2.05, 4.69) is 27.4 Å². The lowest BCUT2D eigenvalue weighted by molar-refractivity contribution is 0.0697. The third-order valence-electron chi connectivity index (χ3n) is 2.82. The molecule has 1 aliphatic rings. The van der Waals surface area contributed by atoms with E-state index in [0.29, 0.717) is 11.6 Å². The molecule has 0 aromatic heterocycles. The summed E-state index contributed by atoms with van der Waals surface area (Å²) in [5.41, 5.74) is 1.34. The van der Waals surface area contributed by atoms with Crippen molar-refractivity contribution in [3.63, 3.8) is 0 Å². The Hall–Kier alpha value is -1.29. The maximum atomic E-state index is 10.9. The van der Waals surface area contributed by atoms with Crippen molar-refractivity contribution in [2.24, 2.45) is 0 Å². The molecule has 0 atom stereocenters. The first kappa shape index (κ1) is 12.2. The van der Waals surface area contributed by atoms with Gasteiger partial charge in [0.05, 0.1) is 11.3 Å². The van der Waals surface area contributed by atoms with E-state index in [1.165, 1.54) is 12.8 Å². The summed E-state index contributed by atoms with van der Waals surface area (Å²) >= 11 is 3.44. The number of carboxylic acid groups (broad SMARTS) is 1. The number of hydrogen-bond acceptors (Lipinski definition) is 2. The maximum Gasteiger partial charge on any atom is 0.335 e. The lowest BCUT2D eigenvalue weighted by Gasteiger charge is -2.24. The van der Waals surface area contributed by atoms with E-state index in [0.717, 1.165) is 16.7 Å². The van der Waals surface area contributed by atoms with Crippen LogP contribution in [-0.4, -0.2) is 23.7 Å². The Morgan fingerprint density at radius 1 is 1.59 bits per heavy atom. The number of anilines is 1. The van der Waals surface area contributed by atoms with Gasteiger partial charge in [-0.3, -0.25) is 0 Å². The molecule has 1 aromatic carbocycles. The Labute approximate surface area is 109 Å². The lowest BCUT2D eigenvalue weighted by Crippen LogP contribution is -2.26. The van der Waals surface area contributed by atoms with Gasteiger partial charge >= 0.3 is 5.97 Å². The van der Waals surface area contributed by atoms with Crippen LogP contribution in [0.15, 0.2) is 35.3 Å². The molecule has 1 saturated carbocycles. The highest BCUT2D eigenvalue weighted by atomic mass is 79.9. The van der Waals surface area contributed by atoms with E-state index in [4.69, 9.17) is 5.11 Å². The highest BCUT2D eigenvalue weighted by Crippen LogP contribution is 2.36. The predicted octanol–water partition coefficient (Wildman–Crippen LogP) is 3.30. The van der Waals surface area contributed by atoms with Gasteiger partial charge < -0.3 is 10.0 Å². The summed E-state index contributed by atoms with van der Waals surface area (Å²) in [4.78, 5) is 13.1. The van der Waals surface area contributed by atoms with E-state index in [9.17, 15) is 4.79 Å². The van der Waals surface area contributed by atoms with Gasteiger partial charge in [-0.05, 0) is 47.0 Å². The Balaban J connectivity index is 2.30. The lowest BCUT2D eigenvalue weighted by atomic mass is 10.2. The normalized spacial score (nSPS) is 14.4. The Kier molecular flexibility index (Phi) is 3.52. The van der Waals surface area contributed by atoms with Crippen LogP contribution in [0.25, 0.3) is 0 Å². The number of aromatic carboxylic acids is 1. The summed E-state index contributed by atoms with van der Waals surface area (Å²) in [6, 6.07) is 5.71. The first-order chi connectivity index (χ1) is 8.13. The van der Waals surface area contributed by atoms with Gasteiger partial charge in [0.25, 0.3) is 0 Å². The number of halogens is 1. The quantitative estimate of drug-likeness (QED) is 0.848. The van der Waals surface area contributed by atoms with Crippen LogP contribution in [-0.2, 0) is 0 Å². The number of carboxylic acids is 1. The molecular formula is C13H14BrNO2. The molecule has 1 aromatic rings. The topological polar surface area (TPSA) is 40.5 Å². The van der Waals surface area contributed by atoms with Gasteiger partial charge in [0.2, 0.25) is 0 Å². The minimum Gasteiger partial charge on any atom is -0.478 e. The van der Waals surface area contributed by atoms with E-state index in [1.54, 1.807) is 12.1 Å². The summed E-state index contributed by atoms with van der Waals surface area (Å²) in [6.07, 6.45) is 4.26. The van der Waals surface area contributed by atoms with Gasteiger partial charge in [-0.15, -0.1) is 6.58 Å². The monoisotopic (exact) mass is 295 g/mol. The van der Waals surface area contributed by atoms with Gasteiger partial charge in [-0.25, -0.2) is 4.79 Å². The zero-order valence-corrected chi connectivity index (χ0v) is 11.0. The third kappa shape index (κ3) is 2.69. The van der Waals surface area contributed by atoms with Crippen molar-refractivity contribution < 1.29 is 9.90 Å². The molecule has 3 nitrogen and oxygen atoms in total. The molecular weight excluding hydrogens is 282 g/mol. The molecule has 0 unspecified atom stereocenters. The van der Waals surface area contributed by atoms with Gasteiger partial charge in [0, 0.05) is 17.1 Å². The van der Waals surface area contributed by atoms with Crippen molar-refractivity contribution in [1.82, 2.24) is 0 Å². The van der Waals surface area contributed by atoms with Crippen LogP contribution in [0.3, 0.4) is 0 Å². The van der Waals surface area contributed by atoms with Crippen LogP contribution >= 0.6 is 15.9 Å². The Bertz CT molecular complexity index is 455. The standard InChI is InChI=1S/C13H14BrNO2/c1-2-7-15(10-4-5-10)12-6-3-9(13(16)17)8-11(12)14/h2-3,6,8,10H,1,4-5,7H2,(H,16,17). The minimum absolute atomic E-state index is 0.301. The zero-order chi connectivity index (χ0) is 12.4. The average molecular weight is 296 g/mol. The van der Waals surface area contributed by atoms with Crippen LogP contribution in [0.4, 0.5) is 5.69 Å². The molecule has 1 fully saturated rings. The number of rotatable bonds is 5. The number of carbonyl (C=O) groups is 1. The van der Waals surface area contributed by atoms with Crippen molar-refractivity contribution in [3.8, 4) is 0 Å². The molecule has 0 spiro atoms. The van der Waals surface area contributed by atoms with E-state index >= 15 is 0 Å². The Morgan fingerprint density at radius 2 is 2.29 bits per heavy atom. The predicted molar refractivity (Wildman–Crippen MR) is 71.7 cm³/mol.